The number of nitrogens with one attached hydrogen (secondary N) is 1. The van der Waals surface area contributed by atoms with Gasteiger partial charge < -0.3 is 9.88 Å². The van der Waals surface area contributed by atoms with Crippen molar-refractivity contribution in [2.24, 2.45) is 17.3 Å². The smallest absolute Gasteiger partial charge is 0.232 e. The van der Waals surface area contributed by atoms with Gasteiger partial charge in [-0.3, -0.25) is 4.79 Å². The molecule has 0 aromatic carbocycles. The zero-order chi connectivity index (χ0) is 20.4. The summed E-state index contributed by atoms with van der Waals surface area (Å²) in [4.78, 5) is 18.0. The molecule has 2 aromatic heterocycles. The molecule has 6 rings (SSSR count). The van der Waals surface area contributed by atoms with Gasteiger partial charge in [0, 0.05) is 33.8 Å². The van der Waals surface area contributed by atoms with Gasteiger partial charge in [0.2, 0.25) is 5.91 Å². The Kier molecular flexibility index (Phi) is 4.63. The average molecular weight is 432 g/mol. The van der Waals surface area contributed by atoms with Gasteiger partial charge in [0.1, 0.15) is 0 Å². The van der Waals surface area contributed by atoms with Gasteiger partial charge in [-0.15, -0.1) is 22.9 Å². The highest BCUT2D eigenvalue weighted by molar-refractivity contribution is 7.14. The van der Waals surface area contributed by atoms with Gasteiger partial charge in [-0.2, -0.15) is 0 Å². The Morgan fingerprint density at radius 3 is 2.69 bits per heavy atom. The van der Waals surface area contributed by atoms with Crippen LogP contribution in [0, 0.1) is 31.1 Å². The van der Waals surface area contributed by atoms with E-state index in [-0.39, 0.29) is 16.2 Å². The van der Waals surface area contributed by atoms with Gasteiger partial charge in [-0.1, -0.05) is 6.92 Å². The van der Waals surface area contributed by atoms with Gasteiger partial charge in [0.15, 0.2) is 5.13 Å². The van der Waals surface area contributed by atoms with Crippen LogP contribution in [0.15, 0.2) is 11.4 Å². The molecule has 0 aliphatic heterocycles. The maximum Gasteiger partial charge on any atom is 0.232 e. The van der Waals surface area contributed by atoms with E-state index in [4.69, 9.17) is 16.6 Å². The molecule has 4 aliphatic rings. The number of hydrogen-bond donors (Lipinski definition) is 1. The molecule has 4 saturated carbocycles. The number of carbonyl (C=O) groups excluding carboxylic acids is 1. The van der Waals surface area contributed by atoms with Crippen LogP contribution >= 0.6 is 22.9 Å². The number of aromatic nitrogens is 2. The van der Waals surface area contributed by atoms with Crippen molar-refractivity contribution in [3.8, 4) is 11.3 Å². The standard InChI is InChI=1S/C23H30ClN3OS/c1-4-5-27-14(2)6-18(15(27)3)19-12-29-21(25-19)26-20(28)22-8-16-7-17(9-22)11-23(24,10-16)13-22/h6,12,16-17H,4-5,7-11,13H2,1-3H3,(H,25,26,28)/t16-,17-,22?,23?/m1/s1. The summed E-state index contributed by atoms with van der Waals surface area (Å²) in [5, 5.41) is 5.95. The van der Waals surface area contributed by atoms with E-state index >= 15 is 0 Å². The molecule has 156 valence electrons. The Bertz CT molecular complexity index is 947. The van der Waals surface area contributed by atoms with E-state index in [2.05, 4.69) is 42.1 Å². The highest BCUT2D eigenvalue weighted by Crippen LogP contribution is 2.64. The average Bonchev–Trinajstić information content (AvgIpc) is 3.19. The van der Waals surface area contributed by atoms with Crippen LogP contribution in [0.25, 0.3) is 11.3 Å². The zero-order valence-corrected chi connectivity index (χ0v) is 19.1. The number of nitrogens with zero attached hydrogens (tertiary/aromatic N) is 2. The van der Waals surface area contributed by atoms with E-state index in [1.165, 1.54) is 34.7 Å². The van der Waals surface area contributed by atoms with Crippen LogP contribution in [-0.2, 0) is 11.3 Å². The fourth-order valence-corrected chi connectivity index (χ4v) is 8.13. The normalized spacial score (nSPS) is 32.7. The lowest BCUT2D eigenvalue weighted by molar-refractivity contribution is -0.138. The van der Waals surface area contributed by atoms with Crippen molar-refractivity contribution in [1.29, 1.82) is 0 Å². The minimum atomic E-state index is -0.283. The third-order valence-electron chi connectivity index (χ3n) is 7.49. The van der Waals surface area contributed by atoms with E-state index in [1.807, 2.05) is 0 Å². The summed E-state index contributed by atoms with van der Waals surface area (Å²) in [6.07, 6.45) is 7.39. The molecular weight excluding hydrogens is 402 g/mol. The highest BCUT2D eigenvalue weighted by Gasteiger charge is 2.60. The Morgan fingerprint density at radius 2 is 2.03 bits per heavy atom. The van der Waals surface area contributed by atoms with Crippen molar-refractivity contribution in [2.45, 2.75) is 77.1 Å². The Labute approximate surface area is 182 Å². The number of aryl methyl sites for hydroxylation is 1. The summed E-state index contributed by atoms with van der Waals surface area (Å²) in [6.45, 7) is 7.53. The second-order valence-corrected chi connectivity index (χ2v) is 11.5. The molecule has 2 aromatic rings. The second-order valence-electron chi connectivity index (χ2n) is 9.82. The van der Waals surface area contributed by atoms with Gasteiger partial charge in [0.05, 0.1) is 11.1 Å². The van der Waals surface area contributed by atoms with Gasteiger partial charge in [-0.05, 0) is 76.7 Å². The molecule has 0 radical (unpaired) electrons. The molecule has 4 bridgehead atoms. The van der Waals surface area contributed by atoms with Crippen molar-refractivity contribution in [3.63, 3.8) is 0 Å². The molecule has 4 fully saturated rings. The topological polar surface area (TPSA) is 46.9 Å². The molecule has 6 heteroatoms. The fraction of sp³-hybridized carbons (Fsp3) is 0.652. The van der Waals surface area contributed by atoms with Crippen LogP contribution in [0.2, 0.25) is 0 Å². The van der Waals surface area contributed by atoms with Crippen molar-refractivity contribution in [2.75, 3.05) is 5.32 Å². The van der Waals surface area contributed by atoms with E-state index in [9.17, 15) is 4.79 Å². The number of amides is 1. The fourth-order valence-electron chi connectivity index (χ4n) is 6.73. The molecule has 0 saturated heterocycles. The first-order chi connectivity index (χ1) is 13.8. The van der Waals surface area contributed by atoms with E-state index < -0.39 is 0 Å². The van der Waals surface area contributed by atoms with Crippen LogP contribution in [0.4, 0.5) is 5.13 Å². The summed E-state index contributed by atoms with van der Waals surface area (Å²) in [6, 6.07) is 2.21. The van der Waals surface area contributed by atoms with Crippen LogP contribution in [0.1, 0.15) is 63.3 Å². The zero-order valence-electron chi connectivity index (χ0n) is 17.6. The second kappa shape index (κ2) is 6.84. The van der Waals surface area contributed by atoms with Crippen LogP contribution in [0.3, 0.4) is 0 Å². The Hall–Kier alpha value is -1.33. The van der Waals surface area contributed by atoms with Crippen molar-refractivity contribution in [3.05, 3.63) is 22.8 Å². The van der Waals surface area contributed by atoms with Gasteiger partial charge in [0.25, 0.3) is 0 Å². The number of thiazole rings is 1. The largest absolute Gasteiger partial charge is 0.348 e. The van der Waals surface area contributed by atoms with Crippen LogP contribution in [0.5, 0.6) is 0 Å². The maximum absolute atomic E-state index is 13.4. The predicted octanol–water partition coefficient (Wildman–Crippen LogP) is 6.15. The first-order valence-corrected chi connectivity index (χ1v) is 12.2. The number of rotatable bonds is 5. The number of anilines is 1. The maximum atomic E-state index is 13.4. The molecule has 4 nitrogen and oxygen atoms in total. The Balaban J connectivity index is 1.36. The van der Waals surface area contributed by atoms with Crippen LogP contribution < -0.4 is 5.32 Å². The molecule has 4 aliphatic carbocycles. The molecule has 1 amide bonds. The first kappa shape index (κ1) is 19.6. The molecule has 2 atom stereocenters. The highest BCUT2D eigenvalue weighted by atomic mass is 35.5. The van der Waals surface area contributed by atoms with Crippen molar-refractivity contribution in [1.82, 2.24) is 9.55 Å². The van der Waals surface area contributed by atoms with Gasteiger partial charge in [-0.25, -0.2) is 4.98 Å². The monoisotopic (exact) mass is 431 g/mol. The summed E-state index contributed by atoms with van der Waals surface area (Å²) < 4.78 is 2.35. The van der Waals surface area contributed by atoms with E-state index in [0.29, 0.717) is 17.0 Å². The molecule has 0 unspecified atom stereocenters. The van der Waals surface area contributed by atoms with E-state index in [0.717, 1.165) is 50.8 Å². The van der Waals surface area contributed by atoms with Gasteiger partial charge >= 0.3 is 0 Å². The minimum Gasteiger partial charge on any atom is -0.348 e. The summed E-state index contributed by atoms with van der Waals surface area (Å²) in [5.74, 6) is 1.39. The SMILES string of the molecule is CCCn1c(C)cc(-c2csc(NC(=O)C34C[C@H]5C[C@@H](CC(Cl)(C5)C3)C4)n2)c1C. The lowest BCUT2D eigenvalue weighted by atomic mass is 9.49. The predicted molar refractivity (Wildman–Crippen MR) is 120 cm³/mol. The molecule has 2 heterocycles. The first-order valence-electron chi connectivity index (χ1n) is 10.9. The summed E-state index contributed by atoms with van der Waals surface area (Å²) in [5.41, 5.74) is 4.35. The number of carbonyl (C=O) groups is 1. The number of hydrogen-bond acceptors (Lipinski definition) is 3. The Morgan fingerprint density at radius 1 is 1.31 bits per heavy atom. The van der Waals surface area contributed by atoms with Crippen molar-refractivity contribution < 1.29 is 4.79 Å². The quantitative estimate of drug-likeness (QED) is 0.576. The number of halogens is 1. The van der Waals surface area contributed by atoms with Crippen molar-refractivity contribution >= 4 is 34.0 Å². The molecule has 1 N–H and O–H groups in total. The molecule has 0 spiro atoms. The third-order valence-corrected chi connectivity index (χ3v) is 8.69. The summed E-state index contributed by atoms with van der Waals surface area (Å²) in [7, 11) is 0. The third kappa shape index (κ3) is 3.25. The van der Waals surface area contributed by atoms with Crippen LogP contribution in [-0.4, -0.2) is 20.3 Å². The summed E-state index contributed by atoms with van der Waals surface area (Å²) >= 11 is 8.44. The lowest BCUT2D eigenvalue weighted by Gasteiger charge is -2.59. The lowest BCUT2D eigenvalue weighted by Crippen LogP contribution is -2.57. The minimum absolute atomic E-state index is 0.147. The molecule has 29 heavy (non-hydrogen) atoms. The molecular formula is C23H30ClN3OS. The number of alkyl halides is 1. The van der Waals surface area contributed by atoms with E-state index in [1.54, 1.807) is 0 Å².